The molecule has 6 heteroatoms. The molecule has 0 saturated heterocycles. The van der Waals surface area contributed by atoms with Crippen LogP contribution in [0.1, 0.15) is 38.9 Å². The molecule has 0 atom stereocenters. The van der Waals surface area contributed by atoms with E-state index in [1.165, 1.54) is 0 Å². The molecule has 0 saturated carbocycles. The van der Waals surface area contributed by atoms with Crippen LogP contribution < -0.4 is 5.69 Å². The van der Waals surface area contributed by atoms with E-state index in [4.69, 9.17) is 0 Å². The average molecular weight is 426 g/mol. The van der Waals surface area contributed by atoms with Gasteiger partial charge < -0.3 is 5.11 Å². The molecule has 0 aliphatic heterocycles. The summed E-state index contributed by atoms with van der Waals surface area (Å²) in [6.45, 7) is 2.26. The fourth-order valence-corrected chi connectivity index (χ4v) is 3.74. The zero-order chi connectivity index (χ0) is 22.7. The number of aromatic carboxylic acids is 1. The highest BCUT2D eigenvalue weighted by Gasteiger charge is 2.17. The van der Waals surface area contributed by atoms with Crippen molar-refractivity contribution in [3.63, 3.8) is 0 Å². The van der Waals surface area contributed by atoms with E-state index in [9.17, 15) is 19.5 Å². The van der Waals surface area contributed by atoms with Crippen LogP contribution in [-0.4, -0.2) is 26.1 Å². The lowest BCUT2D eigenvalue weighted by molar-refractivity contribution is 0.0697. The summed E-state index contributed by atoms with van der Waals surface area (Å²) in [5.41, 5.74) is 3.38. The molecule has 3 aromatic carbocycles. The van der Waals surface area contributed by atoms with Gasteiger partial charge in [0.25, 0.3) is 5.91 Å². The highest BCUT2D eigenvalue weighted by molar-refractivity contribution is 5.96. The van der Waals surface area contributed by atoms with Crippen LogP contribution in [0.4, 0.5) is 0 Å². The van der Waals surface area contributed by atoms with E-state index in [0.29, 0.717) is 24.1 Å². The predicted octanol–water partition coefficient (Wildman–Crippen LogP) is 4.31. The van der Waals surface area contributed by atoms with Crippen molar-refractivity contribution in [1.82, 2.24) is 9.13 Å². The molecule has 6 nitrogen and oxygen atoms in total. The Morgan fingerprint density at radius 1 is 0.875 bits per heavy atom. The second-order valence-corrected chi connectivity index (χ2v) is 7.43. The Morgan fingerprint density at radius 3 is 2.19 bits per heavy atom. The number of carboxylic acids is 1. The Morgan fingerprint density at radius 2 is 1.53 bits per heavy atom. The van der Waals surface area contributed by atoms with Crippen molar-refractivity contribution >= 4 is 11.9 Å². The Hall–Kier alpha value is -4.19. The number of carbonyl (C=O) groups is 2. The van der Waals surface area contributed by atoms with E-state index in [1.807, 2.05) is 37.3 Å². The zero-order valence-corrected chi connectivity index (χ0v) is 17.6. The monoisotopic (exact) mass is 426 g/mol. The lowest BCUT2D eigenvalue weighted by Gasteiger charge is -2.09. The topological polar surface area (TPSA) is 81.3 Å². The zero-order valence-electron chi connectivity index (χ0n) is 17.6. The number of nitrogens with zero attached hydrogens (tertiary/aromatic N) is 2. The molecule has 1 N–H and O–H groups in total. The normalized spacial score (nSPS) is 10.8. The Bertz CT molecular complexity index is 1330. The number of hydrogen-bond donors (Lipinski definition) is 1. The van der Waals surface area contributed by atoms with Gasteiger partial charge in [-0.05, 0) is 41.3 Å². The first-order valence-electron chi connectivity index (χ1n) is 10.3. The predicted molar refractivity (Wildman–Crippen MR) is 122 cm³/mol. The van der Waals surface area contributed by atoms with Crippen LogP contribution in [-0.2, 0) is 13.0 Å². The molecular formula is C26H22N2O4. The van der Waals surface area contributed by atoms with Gasteiger partial charge in [0.2, 0.25) is 0 Å². The van der Waals surface area contributed by atoms with Gasteiger partial charge in [-0.15, -0.1) is 0 Å². The first-order valence-corrected chi connectivity index (χ1v) is 10.3. The summed E-state index contributed by atoms with van der Waals surface area (Å²) in [5, 5.41) is 9.43. The summed E-state index contributed by atoms with van der Waals surface area (Å²) in [6, 6.07) is 23.0. The first kappa shape index (κ1) is 21.1. The van der Waals surface area contributed by atoms with Crippen LogP contribution in [0.5, 0.6) is 0 Å². The average Bonchev–Trinajstić information content (AvgIpc) is 3.14. The number of hydrogen-bond acceptors (Lipinski definition) is 3. The molecule has 0 aliphatic rings. The number of aromatic nitrogens is 2. The van der Waals surface area contributed by atoms with Crippen molar-refractivity contribution in [3.8, 4) is 11.1 Å². The SMILES string of the molecule is CCc1cn(C(=O)c2ccccc2)c(=O)n1Cc1ccc(-c2ccccc2C(=O)O)cc1. The fourth-order valence-electron chi connectivity index (χ4n) is 3.74. The van der Waals surface area contributed by atoms with Crippen LogP contribution >= 0.6 is 0 Å². The van der Waals surface area contributed by atoms with Crippen molar-refractivity contribution in [2.75, 3.05) is 0 Å². The maximum absolute atomic E-state index is 13.0. The van der Waals surface area contributed by atoms with E-state index >= 15 is 0 Å². The van der Waals surface area contributed by atoms with E-state index < -0.39 is 5.97 Å². The quantitative estimate of drug-likeness (QED) is 0.498. The Labute approximate surface area is 185 Å². The summed E-state index contributed by atoms with van der Waals surface area (Å²) in [7, 11) is 0. The van der Waals surface area contributed by atoms with Gasteiger partial charge in [0, 0.05) is 17.5 Å². The summed E-state index contributed by atoms with van der Waals surface area (Å²) in [6.07, 6.45) is 2.21. The molecular weight excluding hydrogens is 404 g/mol. The van der Waals surface area contributed by atoms with Gasteiger partial charge in [-0.25, -0.2) is 14.2 Å². The highest BCUT2D eigenvalue weighted by atomic mass is 16.4. The van der Waals surface area contributed by atoms with Crippen LogP contribution in [0.25, 0.3) is 11.1 Å². The van der Waals surface area contributed by atoms with Crippen LogP contribution in [0.15, 0.2) is 89.9 Å². The maximum atomic E-state index is 13.0. The molecule has 0 amide bonds. The van der Waals surface area contributed by atoms with Crippen molar-refractivity contribution in [1.29, 1.82) is 0 Å². The summed E-state index contributed by atoms with van der Waals surface area (Å²) < 4.78 is 2.76. The van der Waals surface area contributed by atoms with Crippen molar-refractivity contribution in [2.24, 2.45) is 0 Å². The molecule has 1 heterocycles. The molecule has 0 bridgehead atoms. The van der Waals surface area contributed by atoms with Gasteiger partial charge in [-0.1, -0.05) is 67.6 Å². The Balaban J connectivity index is 1.64. The van der Waals surface area contributed by atoms with E-state index in [0.717, 1.165) is 21.4 Å². The third kappa shape index (κ3) is 4.03. The summed E-state index contributed by atoms with van der Waals surface area (Å²) >= 11 is 0. The van der Waals surface area contributed by atoms with Gasteiger partial charge in [0.1, 0.15) is 0 Å². The summed E-state index contributed by atoms with van der Waals surface area (Å²) in [5.74, 6) is -1.34. The number of carboxylic acid groups (broad SMARTS) is 1. The molecule has 0 radical (unpaired) electrons. The van der Waals surface area contributed by atoms with Gasteiger partial charge in [-0.3, -0.25) is 9.36 Å². The number of carbonyl (C=O) groups excluding carboxylic acids is 1. The van der Waals surface area contributed by atoms with Gasteiger partial charge in [0.15, 0.2) is 0 Å². The number of imidazole rings is 1. The van der Waals surface area contributed by atoms with Crippen molar-refractivity contribution in [2.45, 2.75) is 19.9 Å². The maximum Gasteiger partial charge on any atom is 0.336 e. The molecule has 1 aromatic heterocycles. The minimum Gasteiger partial charge on any atom is -0.478 e. The minimum atomic E-state index is -0.978. The molecule has 4 rings (SSSR count). The number of benzene rings is 3. The van der Waals surface area contributed by atoms with E-state index in [1.54, 1.807) is 59.3 Å². The van der Waals surface area contributed by atoms with Crippen LogP contribution in [0.2, 0.25) is 0 Å². The molecule has 0 aliphatic carbocycles. The standard InChI is InChI=1S/C26H22N2O4/c1-2-21-17-28(24(29)20-8-4-3-5-9-20)26(32)27(21)16-18-12-14-19(15-13-18)22-10-6-7-11-23(22)25(30)31/h3-15,17H,2,16H2,1H3,(H,30,31). The first-order chi connectivity index (χ1) is 15.5. The molecule has 0 spiro atoms. The lowest BCUT2D eigenvalue weighted by Crippen LogP contribution is -2.29. The largest absolute Gasteiger partial charge is 0.478 e. The second-order valence-electron chi connectivity index (χ2n) is 7.43. The third-order valence-corrected chi connectivity index (χ3v) is 5.43. The molecule has 4 aromatic rings. The van der Waals surface area contributed by atoms with Crippen molar-refractivity contribution < 1.29 is 14.7 Å². The van der Waals surface area contributed by atoms with E-state index in [-0.39, 0.29) is 17.2 Å². The minimum absolute atomic E-state index is 0.237. The Kier molecular flexibility index (Phi) is 5.85. The van der Waals surface area contributed by atoms with Gasteiger partial charge in [0.05, 0.1) is 12.1 Å². The summed E-state index contributed by atoms with van der Waals surface area (Å²) in [4.78, 5) is 37.3. The number of rotatable bonds is 6. The molecule has 32 heavy (non-hydrogen) atoms. The smallest absolute Gasteiger partial charge is 0.336 e. The van der Waals surface area contributed by atoms with Crippen LogP contribution in [0.3, 0.4) is 0 Å². The molecule has 0 unspecified atom stereocenters. The third-order valence-electron chi connectivity index (χ3n) is 5.43. The second kappa shape index (κ2) is 8.89. The van der Waals surface area contributed by atoms with Crippen LogP contribution in [0, 0.1) is 0 Å². The fraction of sp³-hybridized carbons (Fsp3) is 0.115. The van der Waals surface area contributed by atoms with Crippen molar-refractivity contribution in [3.05, 3.63) is 118 Å². The van der Waals surface area contributed by atoms with Gasteiger partial charge >= 0.3 is 11.7 Å². The lowest BCUT2D eigenvalue weighted by atomic mass is 9.99. The molecule has 160 valence electrons. The highest BCUT2D eigenvalue weighted by Crippen LogP contribution is 2.24. The number of aryl methyl sites for hydroxylation is 1. The molecule has 0 fully saturated rings. The van der Waals surface area contributed by atoms with Gasteiger partial charge in [-0.2, -0.15) is 0 Å². The van der Waals surface area contributed by atoms with E-state index in [2.05, 4.69) is 0 Å².